The minimum absolute atomic E-state index is 0.228. The summed E-state index contributed by atoms with van der Waals surface area (Å²) in [6, 6.07) is 14.9. The number of rotatable bonds is 7. The zero-order valence-electron chi connectivity index (χ0n) is 12.6. The molecule has 1 N–H and O–H groups in total. The van der Waals surface area contributed by atoms with E-state index in [0.717, 1.165) is 24.3 Å². The minimum atomic E-state index is -0.228. The van der Waals surface area contributed by atoms with Crippen molar-refractivity contribution in [1.82, 2.24) is 5.32 Å². The lowest BCUT2D eigenvalue weighted by Crippen LogP contribution is -2.20. The monoisotopic (exact) mass is 287 g/mol. The molecule has 0 bridgehead atoms. The molecule has 0 saturated carbocycles. The summed E-state index contributed by atoms with van der Waals surface area (Å²) in [5.74, 6) is 0.585. The van der Waals surface area contributed by atoms with Gasteiger partial charge in [-0.05, 0) is 25.1 Å². The molecule has 0 aliphatic carbocycles. The zero-order valence-corrected chi connectivity index (χ0v) is 12.6. The van der Waals surface area contributed by atoms with Crippen molar-refractivity contribution in [2.75, 3.05) is 6.54 Å². The maximum atomic E-state index is 13.6. The van der Waals surface area contributed by atoms with Crippen LogP contribution in [0.1, 0.15) is 37.4 Å². The fourth-order valence-corrected chi connectivity index (χ4v) is 2.39. The van der Waals surface area contributed by atoms with Gasteiger partial charge in [-0.3, -0.25) is 0 Å². The van der Waals surface area contributed by atoms with Crippen LogP contribution in [0.4, 0.5) is 4.39 Å². The Balaban J connectivity index is 2.15. The topological polar surface area (TPSA) is 21.3 Å². The van der Waals surface area contributed by atoms with E-state index < -0.39 is 0 Å². The Morgan fingerprint density at radius 2 is 1.76 bits per heavy atom. The molecule has 0 aliphatic rings. The van der Waals surface area contributed by atoms with Crippen molar-refractivity contribution < 1.29 is 9.13 Å². The molecule has 1 atom stereocenters. The van der Waals surface area contributed by atoms with Gasteiger partial charge in [-0.1, -0.05) is 50.2 Å². The van der Waals surface area contributed by atoms with E-state index in [2.05, 4.69) is 25.2 Å². The molecule has 0 saturated heterocycles. The maximum absolute atomic E-state index is 13.6. The normalized spacial score (nSPS) is 12.1. The molecule has 0 aromatic heterocycles. The molecule has 3 heteroatoms. The fourth-order valence-electron chi connectivity index (χ4n) is 2.39. The quantitative estimate of drug-likeness (QED) is 0.811. The third kappa shape index (κ3) is 4.05. The molecule has 0 spiro atoms. The number of nitrogens with one attached hydrogen (secondary N) is 1. The van der Waals surface area contributed by atoms with Gasteiger partial charge in [-0.15, -0.1) is 0 Å². The van der Waals surface area contributed by atoms with Crippen molar-refractivity contribution in [2.45, 2.75) is 32.9 Å². The van der Waals surface area contributed by atoms with E-state index >= 15 is 0 Å². The second kappa shape index (κ2) is 7.79. The number of para-hydroxylation sites is 1. The molecule has 2 nitrogen and oxygen atoms in total. The second-order valence-corrected chi connectivity index (χ2v) is 4.94. The van der Waals surface area contributed by atoms with Crippen molar-refractivity contribution in [3.63, 3.8) is 0 Å². The van der Waals surface area contributed by atoms with Crippen molar-refractivity contribution in [3.05, 3.63) is 65.5 Å². The van der Waals surface area contributed by atoms with E-state index in [-0.39, 0.29) is 18.5 Å². The van der Waals surface area contributed by atoms with Crippen LogP contribution in [-0.2, 0) is 6.61 Å². The molecule has 2 rings (SSSR count). The van der Waals surface area contributed by atoms with Gasteiger partial charge in [0, 0.05) is 17.2 Å². The number of benzene rings is 2. The van der Waals surface area contributed by atoms with E-state index in [1.807, 2.05) is 24.3 Å². The molecule has 0 aliphatic heterocycles. The van der Waals surface area contributed by atoms with E-state index in [4.69, 9.17) is 4.74 Å². The summed E-state index contributed by atoms with van der Waals surface area (Å²) in [4.78, 5) is 0. The van der Waals surface area contributed by atoms with Gasteiger partial charge in [0.2, 0.25) is 0 Å². The second-order valence-electron chi connectivity index (χ2n) is 4.94. The molecular weight excluding hydrogens is 265 g/mol. The Morgan fingerprint density at radius 3 is 2.48 bits per heavy atom. The highest BCUT2D eigenvalue weighted by atomic mass is 19.1. The summed E-state index contributed by atoms with van der Waals surface area (Å²) in [5.41, 5.74) is 1.70. The first kappa shape index (κ1) is 15.5. The Labute approximate surface area is 126 Å². The van der Waals surface area contributed by atoms with E-state index in [1.165, 1.54) is 6.07 Å². The highest BCUT2D eigenvalue weighted by Gasteiger charge is 2.13. The Hall–Kier alpha value is -1.87. The largest absolute Gasteiger partial charge is 0.488 e. The summed E-state index contributed by atoms with van der Waals surface area (Å²) < 4.78 is 19.5. The van der Waals surface area contributed by atoms with Crippen molar-refractivity contribution in [2.24, 2.45) is 0 Å². The molecule has 2 aromatic rings. The third-order valence-electron chi connectivity index (χ3n) is 3.49. The average Bonchev–Trinajstić information content (AvgIpc) is 2.52. The molecule has 0 radical (unpaired) electrons. The van der Waals surface area contributed by atoms with Crippen LogP contribution >= 0.6 is 0 Å². The van der Waals surface area contributed by atoms with Gasteiger partial charge < -0.3 is 10.1 Å². The molecule has 21 heavy (non-hydrogen) atoms. The number of ether oxygens (including phenoxy) is 1. The average molecular weight is 287 g/mol. The van der Waals surface area contributed by atoms with E-state index in [1.54, 1.807) is 12.1 Å². The summed E-state index contributed by atoms with van der Waals surface area (Å²) >= 11 is 0. The van der Waals surface area contributed by atoms with Crippen LogP contribution in [0.5, 0.6) is 5.75 Å². The molecule has 1 unspecified atom stereocenters. The van der Waals surface area contributed by atoms with Gasteiger partial charge in [0.25, 0.3) is 0 Å². The summed E-state index contributed by atoms with van der Waals surface area (Å²) in [6.45, 7) is 5.37. The van der Waals surface area contributed by atoms with Crippen LogP contribution in [0, 0.1) is 5.82 Å². The number of hydrogen-bond acceptors (Lipinski definition) is 2. The third-order valence-corrected chi connectivity index (χ3v) is 3.49. The minimum Gasteiger partial charge on any atom is -0.488 e. The smallest absolute Gasteiger partial charge is 0.129 e. The van der Waals surface area contributed by atoms with Gasteiger partial charge >= 0.3 is 0 Å². The lowest BCUT2D eigenvalue weighted by Gasteiger charge is -2.20. The van der Waals surface area contributed by atoms with Gasteiger partial charge in [0.05, 0.1) is 0 Å². The van der Waals surface area contributed by atoms with Gasteiger partial charge in [-0.2, -0.15) is 0 Å². The molecule has 112 valence electrons. The summed E-state index contributed by atoms with van der Waals surface area (Å²) in [6.07, 6.45) is 0.980. The fraction of sp³-hybridized carbons (Fsp3) is 0.333. The first-order valence-corrected chi connectivity index (χ1v) is 7.44. The molecule has 0 fully saturated rings. The van der Waals surface area contributed by atoms with Crippen LogP contribution < -0.4 is 10.1 Å². The first-order valence-electron chi connectivity index (χ1n) is 7.44. The Morgan fingerprint density at radius 1 is 1.05 bits per heavy atom. The van der Waals surface area contributed by atoms with Crippen LogP contribution in [0.2, 0.25) is 0 Å². The van der Waals surface area contributed by atoms with Crippen LogP contribution in [-0.4, -0.2) is 6.54 Å². The molecule has 0 heterocycles. The summed E-state index contributed by atoms with van der Waals surface area (Å²) in [5, 5.41) is 3.44. The highest BCUT2D eigenvalue weighted by molar-refractivity contribution is 5.36. The lowest BCUT2D eigenvalue weighted by atomic mass is 10.0. The van der Waals surface area contributed by atoms with Crippen molar-refractivity contribution in [1.29, 1.82) is 0 Å². The zero-order chi connectivity index (χ0) is 15.1. The van der Waals surface area contributed by atoms with Crippen LogP contribution in [0.15, 0.2) is 48.5 Å². The number of halogens is 1. The Bertz CT molecular complexity index is 571. The Kier molecular flexibility index (Phi) is 5.76. The van der Waals surface area contributed by atoms with E-state index in [9.17, 15) is 4.39 Å². The highest BCUT2D eigenvalue weighted by Crippen LogP contribution is 2.27. The number of hydrogen-bond donors (Lipinski definition) is 1. The predicted octanol–water partition coefficient (Wildman–Crippen LogP) is 4.47. The van der Waals surface area contributed by atoms with Gasteiger partial charge in [-0.25, -0.2) is 4.39 Å². The van der Waals surface area contributed by atoms with Crippen LogP contribution in [0.25, 0.3) is 0 Å². The lowest BCUT2D eigenvalue weighted by molar-refractivity contribution is 0.292. The summed E-state index contributed by atoms with van der Waals surface area (Å²) in [7, 11) is 0. The first-order chi connectivity index (χ1) is 10.3. The molecule has 2 aromatic carbocycles. The SMILES string of the molecule is CCNC(CC)c1ccccc1OCc1ccccc1F. The standard InChI is InChI=1S/C18H22FNO/c1-3-17(20-4-2)15-10-6-8-12-18(15)21-13-14-9-5-7-11-16(14)19/h5-12,17,20H,3-4,13H2,1-2H3. The van der Waals surface area contributed by atoms with Crippen LogP contribution in [0.3, 0.4) is 0 Å². The van der Waals surface area contributed by atoms with Gasteiger partial charge in [0.15, 0.2) is 0 Å². The van der Waals surface area contributed by atoms with E-state index in [0.29, 0.717) is 5.56 Å². The van der Waals surface area contributed by atoms with Crippen molar-refractivity contribution in [3.8, 4) is 5.75 Å². The maximum Gasteiger partial charge on any atom is 0.129 e. The van der Waals surface area contributed by atoms with Crippen molar-refractivity contribution >= 4 is 0 Å². The predicted molar refractivity (Wildman–Crippen MR) is 83.9 cm³/mol. The molecule has 0 amide bonds. The molecular formula is C18H22FNO. The van der Waals surface area contributed by atoms with Gasteiger partial charge in [0.1, 0.15) is 18.2 Å².